The third kappa shape index (κ3) is 3.42. The number of hydrogen-bond acceptors (Lipinski definition) is 3. The molecule has 0 bridgehead atoms. The molecular weight excluding hydrogens is 258 g/mol. The van der Waals surface area contributed by atoms with E-state index in [1.54, 1.807) is 0 Å². The van der Waals surface area contributed by atoms with Crippen LogP contribution in [0.1, 0.15) is 32.6 Å². The Balaban J connectivity index is 1.81. The zero-order chi connectivity index (χ0) is 14.8. The Morgan fingerprint density at radius 1 is 1.35 bits per heavy atom. The van der Waals surface area contributed by atoms with E-state index in [2.05, 4.69) is 24.2 Å². The van der Waals surface area contributed by atoms with Crippen molar-refractivity contribution < 1.29 is 14.7 Å². The minimum atomic E-state index is -0.771. The van der Waals surface area contributed by atoms with Crippen LogP contribution in [0.5, 0.6) is 0 Å². The fourth-order valence-corrected chi connectivity index (χ4v) is 3.02. The van der Waals surface area contributed by atoms with Gasteiger partial charge in [-0.15, -0.1) is 0 Å². The SMILES string of the molecule is CC1CN(C(=O)NCC2(CC(=O)O)CCC2)CCN1C. The van der Waals surface area contributed by atoms with Gasteiger partial charge in [0.15, 0.2) is 0 Å². The summed E-state index contributed by atoms with van der Waals surface area (Å²) in [5.74, 6) is -0.771. The fraction of sp³-hybridized carbons (Fsp3) is 0.857. The second-order valence-electron chi connectivity index (χ2n) is 6.36. The van der Waals surface area contributed by atoms with Crippen LogP contribution in [0, 0.1) is 5.41 Å². The van der Waals surface area contributed by atoms with E-state index in [1.165, 1.54) is 0 Å². The maximum Gasteiger partial charge on any atom is 0.317 e. The maximum absolute atomic E-state index is 12.2. The van der Waals surface area contributed by atoms with Gasteiger partial charge in [-0.3, -0.25) is 4.79 Å². The lowest BCUT2D eigenvalue weighted by atomic mass is 9.66. The fourth-order valence-electron chi connectivity index (χ4n) is 3.02. The summed E-state index contributed by atoms with van der Waals surface area (Å²) in [6.07, 6.45) is 3.03. The molecule has 0 radical (unpaired) electrons. The third-order valence-corrected chi connectivity index (χ3v) is 4.80. The van der Waals surface area contributed by atoms with Crippen molar-refractivity contribution in [3.8, 4) is 0 Å². The number of piperazine rings is 1. The van der Waals surface area contributed by atoms with Crippen LogP contribution in [0.3, 0.4) is 0 Å². The monoisotopic (exact) mass is 283 g/mol. The summed E-state index contributed by atoms with van der Waals surface area (Å²) in [5.41, 5.74) is -0.209. The molecule has 1 atom stereocenters. The molecule has 2 N–H and O–H groups in total. The Hall–Kier alpha value is -1.30. The molecule has 0 aromatic heterocycles. The lowest BCUT2D eigenvalue weighted by Gasteiger charge is -2.42. The van der Waals surface area contributed by atoms with Crippen molar-refractivity contribution in [2.45, 2.75) is 38.6 Å². The van der Waals surface area contributed by atoms with Gasteiger partial charge in [0.1, 0.15) is 0 Å². The zero-order valence-corrected chi connectivity index (χ0v) is 12.4. The number of carboxylic acids is 1. The molecule has 2 amide bonds. The summed E-state index contributed by atoms with van der Waals surface area (Å²) in [5, 5.41) is 11.9. The summed E-state index contributed by atoms with van der Waals surface area (Å²) in [6.45, 7) is 4.94. The third-order valence-electron chi connectivity index (χ3n) is 4.80. The van der Waals surface area contributed by atoms with Gasteiger partial charge in [-0.05, 0) is 32.2 Å². The Labute approximate surface area is 120 Å². The van der Waals surface area contributed by atoms with E-state index in [0.717, 1.165) is 38.9 Å². The Kier molecular flexibility index (Phi) is 4.52. The number of amides is 2. The zero-order valence-electron chi connectivity index (χ0n) is 12.4. The minimum Gasteiger partial charge on any atom is -0.481 e. The van der Waals surface area contributed by atoms with Crippen molar-refractivity contribution in [1.82, 2.24) is 15.1 Å². The smallest absolute Gasteiger partial charge is 0.317 e. The van der Waals surface area contributed by atoms with Gasteiger partial charge < -0.3 is 20.2 Å². The van der Waals surface area contributed by atoms with Crippen LogP contribution in [0.2, 0.25) is 0 Å². The second kappa shape index (κ2) is 5.99. The van der Waals surface area contributed by atoms with Gasteiger partial charge >= 0.3 is 12.0 Å². The van der Waals surface area contributed by atoms with Gasteiger partial charge in [-0.1, -0.05) is 6.42 Å². The summed E-state index contributed by atoms with van der Waals surface area (Å²) < 4.78 is 0. The van der Waals surface area contributed by atoms with E-state index in [4.69, 9.17) is 5.11 Å². The van der Waals surface area contributed by atoms with Crippen molar-refractivity contribution >= 4 is 12.0 Å². The van der Waals surface area contributed by atoms with Gasteiger partial charge in [0, 0.05) is 32.2 Å². The van der Waals surface area contributed by atoms with E-state index >= 15 is 0 Å². The highest BCUT2D eigenvalue weighted by atomic mass is 16.4. The molecule has 1 aliphatic heterocycles. The Morgan fingerprint density at radius 3 is 2.55 bits per heavy atom. The van der Waals surface area contributed by atoms with Crippen LogP contribution >= 0.6 is 0 Å². The predicted molar refractivity (Wildman–Crippen MR) is 75.6 cm³/mol. The Morgan fingerprint density at radius 2 is 2.05 bits per heavy atom. The van der Waals surface area contributed by atoms with Crippen molar-refractivity contribution in [1.29, 1.82) is 0 Å². The van der Waals surface area contributed by atoms with Crippen LogP contribution < -0.4 is 5.32 Å². The molecule has 2 fully saturated rings. The van der Waals surface area contributed by atoms with Crippen molar-refractivity contribution in [3.63, 3.8) is 0 Å². The van der Waals surface area contributed by atoms with Gasteiger partial charge in [-0.25, -0.2) is 4.79 Å². The maximum atomic E-state index is 12.2. The second-order valence-corrected chi connectivity index (χ2v) is 6.36. The molecule has 1 unspecified atom stereocenters. The van der Waals surface area contributed by atoms with E-state index in [-0.39, 0.29) is 17.9 Å². The predicted octanol–water partition coefficient (Wildman–Crippen LogP) is 0.977. The molecule has 0 spiro atoms. The van der Waals surface area contributed by atoms with Gasteiger partial charge in [-0.2, -0.15) is 0 Å². The van der Waals surface area contributed by atoms with E-state index < -0.39 is 5.97 Å². The van der Waals surface area contributed by atoms with Gasteiger partial charge in [0.2, 0.25) is 0 Å². The van der Waals surface area contributed by atoms with Crippen LogP contribution in [0.25, 0.3) is 0 Å². The average molecular weight is 283 g/mol. The molecule has 20 heavy (non-hydrogen) atoms. The van der Waals surface area contributed by atoms with Gasteiger partial charge in [0.05, 0.1) is 6.42 Å². The molecule has 0 aromatic carbocycles. The van der Waals surface area contributed by atoms with Crippen LogP contribution in [-0.2, 0) is 4.79 Å². The summed E-state index contributed by atoms with van der Waals surface area (Å²) >= 11 is 0. The van der Waals surface area contributed by atoms with Crippen LogP contribution in [0.15, 0.2) is 0 Å². The normalized spacial score (nSPS) is 25.9. The number of carboxylic acid groups (broad SMARTS) is 1. The highest BCUT2D eigenvalue weighted by Crippen LogP contribution is 2.43. The lowest BCUT2D eigenvalue weighted by molar-refractivity contribution is -0.141. The summed E-state index contributed by atoms with van der Waals surface area (Å²) in [4.78, 5) is 27.1. The first-order chi connectivity index (χ1) is 9.42. The molecule has 0 aromatic rings. The van der Waals surface area contributed by atoms with Crippen molar-refractivity contribution in [3.05, 3.63) is 0 Å². The summed E-state index contributed by atoms with van der Waals surface area (Å²) in [7, 11) is 2.07. The molecule has 6 nitrogen and oxygen atoms in total. The average Bonchev–Trinajstić information content (AvgIpc) is 2.35. The first kappa shape index (κ1) is 15.1. The highest BCUT2D eigenvalue weighted by molar-refractivity contribution is 5.74. The molecule has 1 saturated carbocycles. The standard InChI is InChI=1S/C14H25N3O3/c1-11-9-17(7-6-16(11)2)13(20)15-10-14(4-3-5-14)8-12(18)19/h11H,3-10H2,1-2H3,(H,15,20)(H,18,19). The molecular formula is C14H25N3O3. The van der Waals surface area contributed by atoms with E-state index in [9.17, 15) is 9.59 Å². The molecule has 2 rings (SSSR count). The number of nitrogens with one attached hydrogen (secondary N) is 1. The van der Waals surface area contributed by atoms with Crippen molar-refractivity contribution in [2.75, 3.05) is 33.2 Å². The number of rotatable bonds is 4. The molecule has 1 heterocycles. The first-order valence-corrected chi connectivity index (χ1v) is 7.37. The number of hydrogen-bond donors (Lipinski definition) is 2. The molecule has 6 heteroatoms. The number of carbonyl (C=O) groups excluding carboxylic acids is 1. The number of carbonyl (C=O) groups is 2. The highest BCUT2D eigenvalue weighted by Gasteiger charge is 2.39. The molecule has 1 aliphatic carbocycles. The minimum absolute atomic E-state index is 0.0541. The van der Waals surface area contributed by atoms with Crippen LogP contribution in [-0.4, -0.2) is 66.2 Å². The van der Waals surface area contributed by atoms with E-state index in [1.807, 2.05) is 4.90 Å². The topological polar surface area (TPSA) is 72.9 Å². The quantitative estimate of drug-likeness (QED) is 0.806. The number of nitrogens with zero attached hydrogens (tertiary/aromatic N) is 2. The lowest BCUT2D eigenvalue weighted by Crippen LogP contribution is -2.56. The van der Waals surface area contributed by atoms with Gasteiger partial charge in [0.25, 0.3) is 0 Å². The summed E-state index contributed by atoms with van der Waals surface area (Å²) in [6, 6.07) is 0.313. The van der Waals surface area contributed by atoms with Crippen molar-refractivity contribution in [2.24, 2.45) is 5.41 Å². The number of likely N-dealkylation sites (N-methyl/N-ethyl adjacent to an activating group) is 1. The first-order valence-electron chi connectivity index (χ1n) is 7.37. The van der Waals surface area contributed by atoms with Crippen LogP contribution in [0.4, 0.5) is 4.79 Å². The largest absolute Gasteiger partial charge is 0.481 e. The molecule has 114 valence electrons. The molecule has 2 aliphatic rings. The Bertz CT molecular complexity index is 382. The van der Waals surface area contributed by atoms with E-state index in [0.29, 0.717) is 12.6 Å². The number of aliphatic carboxylic acids is 1. The molecule has 1 saturated heterocycles. The number of urea groups is 1.